The van der Waals surface area contributed by atoms with Crippen LogP contribution in [-0.4, -0.2) is 29.4 Å². The van der Waals surface area contributed by atoms with Crippen LogP contribution in [-0.2, 0) is 4.79 Å². The van der Waals surface area contributed by atoms with Gasteiger partial charge in [0.25, 0.3) is 5.91 Å². The standard InChI is InChI=1S/C11H14N4O2/c12-9-3-1-7(5-13-9)11(17)15-8-2-4-10(16)14-6-8/h1,3,5,8H,2,4,6H2,(H2,12,13)(H,14,16)(H,15,17). The topological polar surface area (TPSA) is 97.1 Å². The number of hydrogen-bond acceptors (Lipinski definition) is 4. The van der Waals surface area contributed by atoms with Crippen LogP contribution in [0.15, 0.2) is 18.3 Å². The minimum atomic E-state index is -0.196. The zero-order valence-electron chi connectivity index (χ0n) is 9.27. The molecule has 0 aliphatic carbocycles. The van der Waals surface area contributed by atoms with Crippen molar-refractivity contribution in [1.82, 2.24) is 15.6 Å². The van der Waals surface area contributed by atoms with Crippen molar-refractivity contribution >= 4 is 17.6 Å². The number of amides is 2. The first-order valence-electron chi connectivity index (χ1n) is 5.44. The zero-order valence-corrected chi connectivity index (χ0v) is 9.27. The van der Waals surface area contributed by atoms with E-state index in [0.29, 0.717) is 30.8 Å². The summed E-state index contributed by atoms with van der Waals surface area (Å²) in [6, 6.07) is 3.19. The Balaban J connectivity index is 1.93. The van der Waals surface area contributed by atoms with Crippen molar-refractivity contribution in [3.63, 3.8) is 0 Å². The predicted octanol–water partition coefficient (Wildman–Crippen LogP) is -0.328. The summed E-state index contributed by atoms with van der Waals surface area (Å²) in [5.74, 6) is 0.217. The Morgan fingerprint density at radius 1 is 1.53 bits per heavy atom. The number of rotatable bonds is 2. The maximum Gasteiger partial charge on any atom is 0.253 e. The van der Waals surface area contributed by atoms with Crippen LogP contribution in [0, 0.1) is 0 Å². The van der Waals surface area contributed by atoms with E-state index in [-0.39, 0.29) is 17.9 Å². The van der Waals surface area contributed by atoms with Gasteiger partial charge < -0.3 is 16.4 Å². The Morgan fingerprint density at radius 2 is 2.35 bits per heavy atom. The maximum atomic E-state index is 11.8. The molecule has 1 fully saturated rings. The fourth-order valence-corrected chi connectivity index (χ4v) is 1.66. The lowest BCUT2D eigenvalue weighted by Crippen LogP contribution is -2.47. The average Bonchev–Trinajstić information content (AvgIpc) is 2.33. The molecular formula is C11H14N4O2. The number of nitrogens with one attached hydrogen (secondary N) is 2. The van der Waals surface area contributed by atoms with Gasteiger partial charge in [0.15, 0.2) is 0 Å². The molecule has 0 radical (unpaired) electrons. The molecule has 0 aromatic carbocycles. The highest BCUT2D eigenvalue weighted by molar-refractivity contribution is 5.94. The molecule has 1 aromatic rings. The van der Waals surface area contributed by atoms with Gasteiger partial charge in [0.1, 0.15) is 5.82 Å². The molecule has 17 heavy (non-hydrogen) atoms. The molecule has 0 saturated carbocycles. The average molecular weight is 234 g/mol. The minimum absolute atomic E-state index is 0.0160. The van der Waals surface area contributed by atoms with Crippen molar-refractivity contribution in [3.05, 3.63) is 23.9 Å². The monoisotopic (exact) mass is 234 g/mol. The molecule has 1 saturated heterocycles. The smallest absolute Gasteiger partial charge is 0.253 e. The van der Waals surface area contributed by atoms with E-state index in [1.165, 1.54) is 6.20 Å². The maximum absolute atomic E-state index is 11.8. The van der Waals surface area contributed by atoms with Gasteiger partial charge in [0, 0.05) is 25.2 Å². The van der Waals surface area contributed by atoms with Crippen LogP contribution in [0.3, 0.4) is 0 Å². The zero-order chi connectivity index (χ0) is 12.3. The second-order valence-electron chi connectivity index (χ2n) is 3.98. The van der Waals surface area contributed by atoms with E-state index in [0.717, 1.165) is 0 Å². The van der Waals surface area contributed by atoms with Crippen molar-refractivity contribution in [2.45, 2.75) is 18.9 Å². The Labute approximate surface area is 98.6 Å². The minimum Gasteiger partial charge on any atom is -0.384 e. The lowest BCUT2D eigenvalue weighted by molar-refractivity contribution is -0.122. The SMILES string of the molecule is Nc1ccc(C(=O)NC2CCC(=O)NC2)cn1. The number of piperidine rings is 1. The first-order chi connectivity index (χ1) is 8.15. The van der Waals surface area contributed by atoms with Crippen molar-refractivity contribution in [1.29, 1.82) is 0 Å². The van der Waals surface area contributed by atoms with Crippen LogP contribution in [0.2, 0.25) is 0 Å². The highest BCUT2D eigenvalue weighted by atomic mass is 16.2. The van der Waals surface area contributed by atoms with E-state index in [4.69, 9.17) is 5.73 Å². The molecule has 1 atom stereocenters. The van der Waals surface area contributed by atoms with Gasteiger partial charge in [-0.25, -0.2) is 4.98 Å². The Hall–Kier alpha value is -2.11. The largest absolute Gasteiger partial charge is 0.384 e. The van der Waals surface area contributed by atoms with Crippen molar-refractivity contribution in [2.75, 3.05) is 12.3 Å². The second kappa shape index (κ2) is 4.82. The molecule has 2 rings (SSSR count). The van der Waals surface area contributed by atoms with Crippen molar-refractivity contribution in [3.8, 4) is 0 Å². The summed E-state index contributed by atoms with van der Waals surface area (Å²) in [4.78, 5) is 26.6. The molecule has 4 N–H and O–H groups in total. The summed E-state index contributed by atoms with van der Waals surface area (Å²) in [5, 5.41) is 5.55. The number of pyridine rings is 1. The fraction of sp³-hybridized carbons (Fsp3) is 0.364. The van der Waals surface area contributed by atoms with E-state index in [1.807, 2.05) is 0 Å². The summed E-state index contributed by atoms with van der Waals surface area (Å²) in [6.07, 6.45) is 2.55. The van der Waals surface area contributed by atoms with Crippen LogP contribution in [0.4, 0.5) is 5.82 Å². The summed E-state index contributed by atoms with van der Waals surface area (Å²) >= 11 is 0. The first kappa shape index (κ1) is 11.4. The highest BCUT2D eigenvalue weighted by Gasteiger charge is 2.20. The molecule has 90 valence electrons. The van der Waals surface area contributed by atoms with Crippen molar-refractivity contribution < 1.29 is 9.59 Å². The van der Waals surface area contributed by atoms with Gasteiger partial charge in [-0.15, -0.1) is 0 Å². The van der Waals surface area contributed by atoms with Gasteiger partial charge in [-0.2, -0.15) is 0 Å². The van der Waals surface area contributed by atoms with E-state index < -0.39 is 0 Å². The van der Waals surface area contributed by atoms with Crippen LogP contribution < -0.4 is 16.4 Å². The van der Waals surface area contributed by atoms with Gasteiger partial charge in [-0.1, -0.05) is 0 Å². The molecule has 6 nitrogen and oxygen atoms in total. The molecule has 1 aromatic heterocycles. The first-order valence-corrected chi connectivity index (χ1v) is 5.44. The molecule has 0 spiro atoms. The predicted molar refractivity (Wildman–Crippen MR) is 62.1 cm³/mol. The Morgan fingerprint density at radius 3 is 2.94 bits per heavy atom. The Bertz CT molecular complexity index is 420. The summed E-state index contributed by atoms with van der Waals surface area (Å²) in [5.41, 5.74) is 5.90. The van der Waals surface area contributed by atoms with Gasteiger partial charge >= 0.3 is 0 Å². The van der Waals surface area contributed by atoms with Crippen LogP contribution in [0.25, 0.3) is 0 Å². The second-order valence-corrected chi connectivity index (χ2v) is 3.98. The summed E-state index contributed by atoms with van der Waals surface area (Å²) in [7, 11) is 0. The number of nitrogens with two attached hydrogens (primary N) is 1. The molecule has 1 unspecified atom stereocenters. The molecular weight excluding hydrogens is 220 g/mol. The number of nitrogens with zero attached hydrogens (tertiary/aromatic N) is 1. The van der Waals surface area contributed by atoms with Crippen LogP contribution in [0.5, 0.6) is 0 Å². The van der Waals surface area contributed by atoms with Gasteiger partial charge in [-0.3, -0.25) is 9.59 Å². The number of carbonyl (C=O) groups is 2. The lowest BCUT2D eigenvalue weighted by atomic mass is 10.1. The van der Waals surface area contributed by atoms with E-state index in [9.17, 15) is 9.59 Å². The van der Waals surface area contributed by atoms with Crippen LogP contribution in [0.1, 0.15) is 23.2 Å². The molecule has 1 aliphatic heterocycles. The summed E-state index contributed by atoms with van der Waals surface area (Å²) in [6.45, 7) is 0.479. The molecule has 6 heteroatoms. The molecule has 2 amide bonds. The normalized spacial score (nSPS) is 19.5. The van der Waals surface area contributed by atoms with E-state index in [1.54, 1.807) is 12.1 Å². The molecule has 1 aliphatic rings. The number of carbonyl (C=O) groups excluding carboxylic acids is 2. The lowest BCUT2D eigenvalue weighted by Gasteiger charge is -2.23. The van der Waals surface area contributed by atoms with E-state index >= 15 is 0 Å². The Kier molecular flexibility index (Phi) is 3.22. The third kappa shape index (κ3) is 2.93. The number of nitrogen functional groups attached to an aromatic ring is 1. The summed E-state index contributed by atoms with van der Waals surface area (Å²) < 4.78 is 0. The van der Waals surface area contributed by atoms with Gasteiger partial charge in [-0.05, 0) is 18.6 Å². The van der Waals surface area contributed by atoms with Gasteiger partial charge in [0.05, 0.1) is 5.56 Å². The highest BCUT2D eigenvalue weighted by Crippen LogP contribution is 2.05. The van der Waals surface area contributed by atoms with Crippen LogP contribution >= 0.6 is 0 Å². The third-order valence-corrected chi connectivity index (χ3v) is 2.65. The van der Waals surface area contributed by atoms with Crippen molar-refractivity contribution in [2.24, 2.45) is 0 Å². The number of anilines is 1. The molecule has 2 heterocycles. The molecule has 0 bridgehead atoms. The van der Waals surface area contributed by atoms with Gasteiger partial charge in [0.2, 0.25) is 5.91 Å². The quantitative estimate of drug-likeness (QED) is 0.652. The number of aromatic nitrogens is 1. The number of hydrogen-bond donors (Lipinski definition) is 3. The third-order valence-electron chi connectivity index (χ3n) is 2.65. The van der Waals surface area contributed by atoms with E-state index in [2.05, 4.69) is 15.6 Å². The fourth-order valence-electron chi connectivity index (χ4n) is 1.66.